The van der Waals surface area contributed by atoms with Crippen LogP contribution in [0.25, 0.3) is 33.9 Å². The summed E-state index contributed by atoms with van der Waals surface area (Å²) >= 11 is 0. The largest absolute Gasteiger partial charge is 0.494 e. The number of hydrogen-bond donors (Lipinski definition) is 0. The van der Waals surface area contributed by atoms with Crippen LogP contribution in [0.15, 0.2) is 64.3 Å². The third-order valence-electron chi connectivity index (χ3n) is 5.74. The molecule has 11 nitrogen and oxygen atoms in total. The molecule has 0 amide bonds. The van der Waals surface area contributed by atoms with Crippen LogP contribution >= 0.6 is 0 Å². The fraction of sp³-hybridized carbons (Fsp3) is 0.174. The molecule has 172 valence electrons. The molecular weight excluding hydrogens is 440 g/mol. The Kier molecular flexibility index (Phi) is 4.82. The first kappa shape index (κ1) is 21.2. The van der Waals surface area contributed by atoms with Crippen molar-refractivity contribution in [1.29, 1.82) is 0 Å². The van der Waals surface area contributed by atoms with Crippen LogP contribution in [0, 0.1) is 10.1 Å². The summed E-state index contributed by atoms with van der Waals surface area (Å²) < 4.78 is 11.4. The van der Waals surface area contributed by atoms with Gasteiger partial charge in [-0.2, -0.15) is 4.98 Å². The Balaban J connectivity index is 1.85. The summed E-state index contributed by atoms with van der Waals surface area (Å²) in [6, 6.07) is 13.5. The van der Waals surface area contributed by atoms with Gasteiger partial charge in [-0.3, -0.25) is 33.0 Å². The van der Waals surface area contributed by atoms with Crippen molar-refractivity contribution in [2.75, 3.05) is 6.61 Å². The summed E-state index contributed by atoms with van der Waals surface area (Å²) in [7, 11) is 2.99. The van der Waals surface area contributed by atoms with Gasteiger partial charge < -0.3 is 4.74 Å². The Bertz CT molecular complexity index is 1690. The summed E-state index contributed by atoms with van der Waals surface area (Å²) in [6.07, 6.45) is 1.74. The average Bonchev–Trinajstić information content (AvgIpc) is 3.39. The van der Waals surface area contributed by atoms with Gasteiger partial charge in [-0.25, -0.2) is 4.79 Å². The second-order valence-corrected chi connectivity index (χ2v) is 7.74. The summed E-state index contributed by atoms with van der Waals surface area (Å²) in [5.41, 5.74) is 1.65. The van der Waals surface area contributed by atoms with E-state index in [1.165, 1.54) is 23.7 Å². The number of benzene rings is 2. The van der Waals surface area contributed by atoms with Crippen molar-refractivity contribution < 1.29 is 9.66 Å². The Labute approximate surface area is 191 Å². The summed E-state index contributed by atoms with van der Waals surface area (Å²) in [4.78, 5) is 40.7. The second-order valence-electron chi connectivity index (χ2n) is 7.74. The van der Waals surface area contributed by atoms with Crippen LogP contribution in [0.3, 0.4) is 0 Å². The number of hydrogen-bond acceptors (Lipinski definition) is 6. The lowest BCUT2D eigenvalue weighted by Gasteiger charge is -2.10. The number of aromatic nitrogens is 5. The van der Waals surface area contributed by atoms with Crippen LogP contribution in [0.5, 0.6) is 5.75 Å². The van der Waals surface area contributed by atoms with Gasteiger partial charge in [-0.15, -0.1) is 0 Å². The van der Waals surface area contributed by atoms with E-state index in [2.05, 4.69) is 4.98 Å². The Morgan fingerprint density at radius 1 is 1.00 bits per heavy atom. The van der Waals surface area contributed by atoms with E-state index < -0.39 is 16.2 Å². The normalized spacial score (nSPS) is 11.4. The molecule has 5 aromatic rings. The number of nitro benzene ring substituents is 1. The average molecular weight is 460 g/mol. The maximum absolute atomic E-state index is 13.0. The van der Waals surface area contributed by atoms with Crippen LogP contribution < -0.4 is 16.0 Å². The van der Waals surface area contributed by atoms with E-state index in [0.29, 0.717) is 29.4 Å². The molecule has 11 heteroatoms. The number of fused-ring (bicyclic) bond motifs is 3. The minimum absolute atomic E-state index is 0.0259. The number of imidazole rings is 2. The Morgan fingerprint density at radius 3 is 2.29 bits per heavy atom. The number of rotatable bonds is 5. The molecular formula is C23H20N6O5. The number of aryl methyl sites for hydroxylation is 1. The molecule has 0 spiro atoms. The van der Waals surface area contributed by atoms with Gasteiger partial charge >= 0.3 is 5.69 Å². The molecule has 0 atom stereocenters. The van der Waals surface area contributed by atoms with Crippen LogP contribution in [-0.4, -0.2) is 34.6 Å². The Hall–Kier alpha value is -4.67. The first-order valence-corrected chi connectivity index (χ1v) is 10.5. The van der Waals surface area contributed by atoms with Gasteiger partial charge in [0.2, 0.25) is 5.78 Å². The molecule has 0 radical (unpaired) electrons. The van der Waals surface area contributed by atoms with Crippen LogP contribution in [-0.2, 0) is 14.1 Å². The molecule has 34 heavy (non-hydrogen) atoms. The summed E-state index contributed by atoms with van der Waals surface area (Å²) in [6.45, 7) is 2.43. The van der Waals surface area contributed by atoms with Crippen molar-refractivity contribution in [3.05, 3.63) is 85.7 Å². The van der Waals surface area contributed by atoms with Crippen LogP contribution in [0.2, 0.25) is 0 Å². The highest BCUT2D eigenvalue weighted by Crippen LogP contribution is 2.30. The molecule has 0 aliphatic heterocycles. The van der Waals surface area contributed by atoms with Crippen molar-refractivity contribution in [3.8, 4) is 22.7 Å². The molecule has 2 aromatic carbocycles. The monoisotopic (exact) mass is 460 g/mol. The van der Waals surface area contributed by atoms with E-state index in [1.54, 1.807) is 29.8 Å². The van der Waals surface area contributed by atoms with E-state index in [1.807, 2.05) is 35.8 Å². The molecule has 0 fully saturated rings. The van der Waals surface area contributed by atoms with Crippen molar-refractivity contribution >= 4 is 22.6 Å². The van der Waals surface area contributed by atoms with E-state index in [9.17, 15) is 19.7 Å². The zero-order valence-electron chi connectivity index (χ0n) is 18.6. The molecule has 0 unspecified atom stereocenters. The standard InChI is InChI=1S/C23H20N6O5/c1-4-34-17-11-9-15(10-12-17)28-18(14-5-7-16(8-6-14)29(32)33)13-27-19-20(24-22(27)28)25(2)23(31)26(3)21(19)30/h5-13H,4H2,1-3H3. The maximum Gasteiger partial charge on any atom is 0.332 e. The predicted octanol–water partition coefficient (Wildman–Crippen LogP) is 2.65. The van der Waals surface area contributed by atoms with E-state index in [0.717, 1.165) is 10.3 Å². The quantitative estimate of drug-likeness (QED) is 0.294. The lowest BCUT2D eigenvalue weighted by molar-refractivity contribution is -0.384. The van der Waals surface area contributed by atoms with Gasteiger partial charge in [0.1, 0.15) is 5.75 Å². The highest BCUT2D eigenvalue weighted by atomic mass is 16.6. The van der Waals surface area contributed by atoms with E-state index in [-0.39, 0.29) is 16.9 Å². The van der Waals surface area contributed by atoms with Crippen LogP contribution in [0.1, 0.15) is 6.92 Å². The number of non-ortho nitro benzene ring substituents is 1. The highest BCUT2D eigenvalue weighted by molar-refractivity contribution is 5.79. The Morgan fingerprint density at radius 2 is 1.68 bits per heavy atom. The number of nitro groups is 1. The predicted molar refractivity (Wildman–Crippen MR) is 126 cm³/mol. The molecule has 0 saturated heterocycles. The lowest BCUT2D eigenvalue weighted by atomic mass is 10.1. The van der Waals surface area contributed by atoms with Crippen molar-refractivity contribution in [3.63, 3.8) is 0 Å². The van der Waals surface area contributed by atoms with Crippen molar-refractivity contribution in [2.24, 2.45) is 14.1 Å². The summed E-state index contributed by atoms with van der Waals surface area (Å²) in [5, 5.41) is 11.1. The number of ether oxygens (including phenoxy) is 1. The molecule has 0 aliphatic carbocycles. The first-order chi connectivity index (χ1) is 16.3. The van der Waals surface area contributed by atoms with Gasteiger partial charge in [0.25, 0.3) is 11.2 Å². The minimum atomic E-state index is -0.471. The smallest absolute Gasteiger partial charge is 0.332 e. The molecule has 0 bridgehead atoms. The minimum Gasteiger partial charge on any atom is -0.494 e. The SMILES string of the molecule is CCOc1ccc(-n2c(-c3ccc([N+](=O)[O-])cc3)cn3c4c(=O)n(C)c(=O)n(C)c4nc23)cc1. The third kappa shape index (κ3) is 3.09. The van der Waals surface area contributed by atoms with Gasteiger partial charge in [-0.05, 0) is 43.3 Å². The first-order valence-electron chi connectivity index (χ1n) is 10.5. The molecule has 0 saturated carbocycles. The summed E-state index contributed by atoms with van der Waals surface area (Å²) in [5.74, 6) is 1.13. The highest BCUT2D eigenvalue weighted by Gasteiger charge is 2.22. The zero-order valence-corrected chi connectivity index (χ0v) is 18.6. The van der Waals surface area contributed by atoms with Gasteiger partial charge in [0, 0.05) is 43.7 Å². The molecule has 0 N–H and O–H groups in total. The maximum atomic E-state index is 13.0. The topological polar surface area (TPSA) is 119 Å². The van der Waals surface area contributed by atoms with Gasteiger partial charge in [0.15, 0.2) is 11.2 Å². The fourth-order valence-electron chi connectivity index (χ4n) is 4.04. The van der Waals surface area contributed by atoms with E-state index in [4.69, 9.17) is 4.74 Å². The molecule has 3 heterocycles. The van der Waals surface area contributed by atoms with Crippen molar-refractivity contribution in [2.45, 2.75) is 6.92 Å². The zero-order chi connectivity index (χ0) is 24.1. The molecule has 5 rings (SSSR count). The van der Waals surface area contributed by atoms with Crippen molar-refractivity contribution in [1.82, 2.24) is 23.1 Å². The fourth-order valence-corrected chi connectivity index (χ4v) is 4.04. The molecule has 0 aliphatic rings. The van der Waals surface area contributed by atoms with Gasteiger partial charge in [0.05, 0.1) is 17.2 Å². The van der Waals surface area contributed by atoms with Gasteiger partial charge in [-0.1, -0.05) is 0 Å². The van der Waals surface area contributed by atoms with Crippen LogP contribution in [0.4, 0.5) is 5.69 Å². The third-order valence-corrected chi connectivity index (χ3v) is 5.74. The second kappa shape index (κ2) is 7.73. The van der Waals surface area contributed by atoms with E-state index >= 15 is 0 Å². The lowest BCUT2D eigenvalue weighted by Crippen LogP contribution is -2.37. The molecule has 3 aromatic heterocycles. The number of nitrogens with zero attached hydrogens (tertiary/aromatic N) is 6.